The summed E-state index contributed by atoms with van der Waals surface area (Å²) in [6.45, 7) is 1.89. The first kappa shape index (κ1) is 12.4. The highest BCUT2D eigenvalue weighted by atomic mass is 32.1. The quantitative estimate of drug-likeness (QED) is 0.509. The van der Waals surface area contributed by atoms with Crippen LogP contribution >= 0.6 is 11.3 Å². The van der Waals surface area contributed by atoms with Gasteiger partial charge in [0.15, 0.2) is 6.29 Å². The lowest BCUT2D eigenvalue weighted by Gasteiger charge is -1.96. The molecule has 18 heavy (non-hydrogen) atoms. The monoisotopic (exact) mass is 259 g/mol. The molecule has 1 aromatic rings. The summed E-state index contributed by atoms with van der Waals surface area (Å²) in [6, 6.07) is 0. The van der Waals surface area contributed by atoms with Crippen LogP contribution in [0.3, 0.4) is 0 Å². The molecule has 2 rings (SSSR count). The first-order chi connectivity index (χ1) is 8.86. The Morgan fingerprint density at radius 3 is 3.22 bits per heavy atom. The van der Waals surface area contributed by atoms with Crippen molar-refractivity contribution in [1.29, 1.82) is 0 Å². The average Bonchev–Trinajstić information content (AvgIpc) is 2.57. The Morgan fingerprint density at radius 1 is 1.56 bits per heavy atom. The number of aliphatic imine (C=N–C) groups is 1. The molecule has 5 heteroatoms. The van der Waals surface area contributed by atoms with Crippen molar-refractivity contribution < 1.29 is 4.79 Å². The third kappa shape index (κ3) is 2.62. The second-order valence-corrected chi connectivity index (χ2v) is 4.57. The number of thiophene rings is 1. The lowest BCUT2D eigenvalue weighted by atomic mass is 10.3. The predicted octanol–water partition coefficient (Wildman–Crippen LogP) is 1.85. The Hall–Kier alpha value is -2.01. The van der Waals surface area contributed by atoms with Crippen LogP contribution in [0, 0.1) is 0 Å². The number of anilines is 1. The van der Waals surface area contributed by atoms with Crippen molar-refractivity contribution in [3.05, 3.63) is 39.3 Å². The smallest absolute Gasteiger partial charge is 0.162 e. The molecule has 1 N–H and O–H groups in total. The third-order valence-electron chi connectivity index (χ3n) is 2.33. The van der Waals surface area contributed by atoms with E-state index in [1.165, 1.54) is 11.3 Å². The summed E-state index contributed by atoms with van der Waals surface area (Å²) in [5.74, 6) is 0. The summed E-state index contributed by atoms with van der Waals surface area (Å²) in [6.07, 6.45) is 12.5. The van der Waals surface area contributed by atoms with Gasteiger partial charge < -0.3 is 5.32 Å². The van der Waals surface area contributed by atoms with Crippen molar-refractivity contribution in [1.82, 2.24) is 0 Å². The van der Waals surface area contributed by atoms with E-state index < -0.39 is 0 Å². The predicted molar refractivity (Wildman–Crippen MR) is 75.6 cm³/mol. The lowest BCUT2D eigenvalue weighted by molar-refractivity contribution is 0.112. The molecule has 0 aliphatic carbocycles. The summed E-state index contributed by atoms with van der Waals surface area (Å²) in [5.41, 5.74) is 0.783. The summed E-state index contributed by atoms with van der Waals surface area (Å²) in [5, 5.41) is 4.02. The fraction of sp³-hybridized carbons (Fsp3) is 0.154. The summed E-state index contributed by atoms with van der Waals surface area (Å²) in [7, 11) is 0. The van der Waals surface area contributed by atoms with E-state index in [4.69, 9.17) is 0 Å². The molecule has 1 aromatic heterocycles. The van der Waals surface area contributed by atoms with Crippen molar-refractivity contribution in [2.75, 3.05) is 5.32 Å². The molecule has 92 valence electrons. The minimum absolute atomic E-state index is 0.641. The molecule has 0 atom stereocenters. The molecule has 2 heterocycles. The molecule has 0 spiro atoms. The van der Waals surface area contributed by atoms with E-state index in [1.54, 1.807) is 18.7 Å². The van der Waals surface area contributed by atoms with Crippen LogP contribution < -0.4 is 15.2 Å². The zero-order valence-electron chi connectivity index (χ0n) is 9.96. The van der Waals surface area contributed by atoms with Crippen molar-refractivity contribution in [2.24, 2.45) is 9.98 Å². The van der Waals surface area contributed by atoms with E-state index in [9.17, 15) is 4.79 Å². The van der Waals surface area contributed by atoms with Gasteiger partial charge in [-0.15, -0.1) is 11.3 Å². The van der Waals surface area contributed by atoms with Gasteiger partial charge in [0.1, 0.15) is 4.67 Å². The Bertz CT molecular complexity index is 638. The molecule has 0 saturated heterocycles. The molecule has 0 amide bonds. The Balaban J connectivity index is 2.44. The molecule has 1 aliphatic rings. The second-order valence-electron chi connectivity index (χ2n) is 3.54. The number of allylic oxidation sites excluding steroid dienone is 2. The van der Waals surface area contributed by atoms with E-state index >= 15 is 0 Å². The standard InChI is InChI=1S/C13H13N3OS/c1-2-6-14-9-16-12-10-5-3-4-7-15-13(10)18-11(12)8-17/h2,4-9H,3H2,1H3,(H,14,16)/b6-2+. The fourth-order valence-electron chi connectivity index (χ4n) is 1.57. The van der Waals surface area contributed by atoms with Gasteiger partial charge in [-0.1, -0.05) is 18.2 Å². The molecule has 0 bridgehead atoms. The van der Waals surface area contributed by atoms with Crippen LogP contribution in [0.2, 0.25) is 0 Å². The molecular formula is C13H13N3OS. The van der Waals surface area contributed by atoms with Gasteiger partial charge in [-0.2, -0.15) is 0 Å². The van der Waals surface area contributed by atoms with Gasteiger partial charge in [-0.05, 0) is 13.3 Å². The van der Waals surface area contributed by atoms with Gasteiger partial charge in [0.25, 0.3) is 0 Å². The normalized spacial score (nSPS) is 14.1. The van der Waals surface area contributed by atoms with Crippen LogP contribution in [0.15, 0.2) is 34.5 Å². The van der Waals surface area contributed by atoms with E-state index in [0.29, 0.717) is 4.88 Å². The SMILES string of the molecule is C/C=C/N=CNc1c(C=O)sc2c1=CCC=CN=2. The highest BCUT2D eigenvalue weighted by molar-refractivity contribution is 7.11. The minimum Gasteiger partial charge on any atom is -0.345 e. The molecular weight excluding hydrogens is 246 g/mol. The van der Waals surface area contributed by atoms with Gasteiger partial charge in [-0.3, -0.25) is 4.79 Å². The van der Waals surface area contributed by atoms with Gasteiger partial charge in [0.2, 0.25) is 0 Å². The number of carbonyl (C=O) groups excluding carboxylic acids is 1. The Morgan fingerprint density at radius 2 is 2.44 bits per heavy atom. The van der Waals surface area contributed by atoms with Crippen molar-refractivity contribution in [2.45, 2.75) is 13.3 Å². The van der Waals surface area contributed by atoms with Crippen molar-refractivity contribution >= 4 is 35.7 Å². The molecule has 1 aliphatic heterocycles. The summed E-state index contributed by atoms with van der Waals surface area (Å²) >= 11 is 1.38. The van der Waals surface area contributed by atoms with E-state index in [1.807, 2.05) is 19.1 Å². The number of fused-ring (bicyclic) bond motifs is 1. The van der Waals surface area contributed by atoms with E-state index in [-0.39, 0.29) is 0 Å². The number of hydrogen-bond acceptors (Lipinski definition) is 4. The van der Waals surface area contributed by atoms with Crippen LogP contribution in [0.25, 0.3) is 6.08 Å². The summed E-state index contributed by atoms with van der Waals surface area (Å²) in [4.78, 5) is 20.0. The molecule has 0 unspecified atom stereocenters. The number of aldehydes is 1. The molecule has 0 radical (unpaired) electrons. The largest absolute Gasteiger partial charge is 0.345 e. The van der Waals surface area contributed by atoms with Crippen LogP contribution in [0.1, 0.15) is 23.0 Å². The third-order valence-corrected chi connectivity index (χ3v) is 3.37. The molecule has 0 saturated carbocycles. The van der Waals surface area contributed by atoms with E-state index in [0.717, 1.165) is 28.3 Å². The van der Waals surface area contributed by atoms with Gasteiger partial charge in [0, 0.05) is 17.6 Å². The molecule has 0 fully saturated rings. The van der Waals surface area contributed by atoms with Crippen LogP contribution in [0.5, 0.6) is 0 Å². The number of hydrogen-bond donors (Lipinski definition) is 1. The van der Waals surface area contributed by atoms with Gasteiger partial charge in [0.05, 0.1) is 16.9 Å². The fourth-order valence-corrected chi connectivity index (χ4v) is 2.50. The second kappa shape index (κ2) is 6.07. The number of rotatable bonds is 4. The maximum absolute atomic E-state index is 11.1. The zero-order valence-corrected chi connectivity index (χ0v) is 10.8. The zero-order chi connectivity index (χ0) is 12.8. The Kier molecular flexibility index (Phi) is 4.20. The number of nitrogens with one attached hydrogen (secondary N) is 1. The van der Waals surface area contributed by atoms with Crippen molar-refractivity contribution in [3.8, 4) is 0 Å². The highest BCUT2D eigenvalue weighted by Gasteiger charge is 2.08. The Labute approximate surface area is 109 Å². The molecule has 0 aromatic carbocycles. The van der Waals surface area contributed by atoms with Crippen molar-refractivity contribution in [3.63, 3.8) is 0 Å². The maximum Gasteiger partial charge on any atom is 0.162 e. The topological polar surface area (TPSA) is 53.8 Å². The minimum atomic E-state index is 0.641. The van der Waals surface area contributed by atoms with Gasteiger partial charge in [-0.25, -0.2) is 9.98 Å². The summed E-state index contributed by atoms with van der Waals surface area (Å²) < 4.78 is 0.854. The first-order valence-corrected chi connectivity index (χ1v) is 6.39. The maximum atomic E-state index is 11.1. The average molecular weight is 259 g/mol. The van der Waals surface area contributed by atoms with Crippen LogP contribution in [0.4, 0.5) is 5.69 Å². The highest BCUT2D eigenvalue weighted by Crippen LogP contribution is 2.11. The number of nitrogens with zero attached hydrogens (tertiary/aromatic N) is 2. The van der Waals surface area contributed by atoms with Crippen LogP contribution in [-0.4, -0.2) is 12.6 Å². The van der Waals surface area contributed by atoms with E-state index in [2.05, 4.69) is 21.4 Å². The lowest BCUT2D eigenvalue weighted by Crippen LogP contribution is -2.21. The molecule has 4 nitrogen and oxygen atoms in total. The number of carbonyl (C=O) groups is 1. The first-order valence-electron chi connectivity index (χ1n) is 5.57. The van der Waals surface area contributed by atoms with Crippen LogP contribution in [-0.2, 0) is 0 Å². The van der Waals surface area contributed by atoms with Gasteiger partial charge >= 0.3 is 0 Å².